The molecular formula is C10H23N3O2S. The third-order valence-corrected chi connectivity index (χ3v) is 5.41. The van der Waals surface area contributed by atoms with Gasteiger partial charge in [-0.1, -0.05) is 13.8 Å². The highest BCUT2D eigenvalue weighted by Gasteiger charge is 2.30. The molecule has 16 heavy (non-hydrogen) atoms. The van der Waals surface area contributed by atoms with Crippen LogP contribution >= 0.6 is 0 Å². The van der Waals surface area contributed by atoms with Gasteiger partial charge in [0.25, 0.3) is 10.2 Å². The van der Waals surface area contributed by atoms with Gasteiger partial charge in [-0.05, 0) is 25.9 Å². The smallest absolute Gasteiger partial charge is 0.281 e. The Morgan fingerprint density at radius 3 is 2.12 bits per heavy atom. The Balaban J connectivity index is 2.73. The molecule has 0 aromatic heterocycles. The second-order valence-electron chi connectivity index (χ2n) is 4.09. The minimum Gasteiger partial charge on any atom is -0.317 e. The molecule has 0 bridgehead atoms. The summed E-state index contributed by atoms with van der Waals surface area (Å²) in [7, 11) is -1.56. The van der Waals surface area contributed by atoms with Gasteiger partial charge in [-0.2, -0.15) is 17.0 Å². The van der Waals surface area contributed by atoms with E-state index in [1.807, 2.05) is 13.8 Å². The zero-order chi connectivity index (χ0) is 12.2. The first-order valence-electron chi connectivity index (χ1n) is 5.97. The molecule has 1 saturated heterocycles. The molecule has 1 rings (SSSR count). The third-order valence-electron chi connectivity index (χ3n) is 3.22. The SMILES string of the molecule is CCN(CC)S(=O)(=O)N(C)C1CCNCC1. The van der Waals surface area contributed by atoms with Crippen LogP contribution in [0, 0.1) is 0 Å². The first-order valence-corrected chi connectivity index (χ1v) is 7.37. The largest absolute Gasteiger partial charge is 0.317 e. The minimum atomic E-state index is -3.26. The lowest BCUT2D eigenvalue weighted by Crippen LogP contribution is -2.49. The molecule has 96 valence electrons. The van der Waals surface area contributed by atoms with Crippen molar-refractivity contribution in [2.45, 2.75) is 32.7 Å². The van der Waals surface area contributed by atoms with Crippen LogP contribution in [0.2, 0.25) is 0 Å². The van der Waals surface area contributed by atoms with Crippen molar-refractivity contribution < 1.29 is 8.42 Å². The molecule has 0 aromatic carbocycles. The summed E-state index contributed by atoms with van der Waals surface area (Å²) in [5.41, 5.74) is 0. The zero-order valence-electron chi connectivity index (χ0n) is 10.4. The Kier molecular flexibility index (Phi) is 5.17. The second-order valence-corrected chi connectivity index (χ2v) is 6.08. The van der Waals surface area contributed by atoms with Crippen LogP contribution in [0.3, 0.4) is 0 Å². The van der Waals surface area contributed by atoms with Crippen molar-refractivity contribution in [1.82, 2.24) is 13.9 Å². The Morgan fingerprint density at radius 1 is 1.19 bits per heavy atom. The number of rotatable bonds is 5. The third kappa shape index (κ3) is 2.94. The van der Waals surface area contributed by atoms with Gasteiger partial charge in [0, 0.05) is 26.2 Å². The summed E-state index contributed by atoms with van der Waals surface area (Å²) in [6.45, 7) is 6.63. The molecule has 0 unspecified atom stereocenters. The minimum absolute atomic E-state index is 0.145. The van der Waals surface area contributed by atoms with E-state index in [1.165, 1.54) is 4.31 Å². The molecule has 1 fully saturated rings. The van der Waals surface area contributed by atoms with E-state index in [2.05, 4.69) is 5.32 Å². The van der Waals surface area contributed by atoms with Gasteiger partial charge >= 0.3 is 0 Å². The van der Waals surface area contributed by atoms with Crippen molar-refractivity contribution in [3.05, 3.63) is 0 Å². The lowest BCUT2D eigenvalue weighted by atomic mass is 10.1. The Hall–Kier alpha value is -0.170. The van der Waals surface area contributed by atoms with Crippen molar-refractivity contribution in [1.29, 1.82) is 0 Å². The molecule has 0 aromatic rings. The quantitative estimate of drug-likeness (QED) is 0.760. The summed E-state index contributed by atoms with van der Waals surface area (Å²) in [4.78, 5) is 0. The molecule has 0 saturated carbocycles. The van der Waals surface area contributed by atoms with Crippen LogP contribution in [-0.2, 0) is 10.2 Å². The average molecular weight is 249 g/mol. The van der Waals surface area contributed by atoms with Crippen molar-refractivity contribution in [2.75, 3.05) is 33.2 Å². The molecule has 1 aliphatic heterocycles. The molecule has 0 spiro atoms. The van der Waals surface area contributed by atoms with E-state index in [0.717, 1.165) is 25.9 Å². The second kappa shape index (κ2) is 5.95. The molecule has 0 aliphatic carbocycles. The van der Waals surface area contributed by atoms with Crippen LogP contribution in [0.4, 0.5) is 0 Å². The molecule has 0 radical (unpaired) electrons. The Bertz CT molecular complexity index is 295. The fourth-order valence-corrected chi connectivity index (χ4v) is 3.70. The molecule has 0 atom stereocenters. The van der Waals surface area contributed by atoms with Crippen LogP contribution in [0.1, 0.15) is 26.7 Å². The van der Waals surface area contributed by atoms with Crippen molar-refractivity contribution >= 4 is 10.2 Å². The van der Waals surface area contributed by atoms with Crippen LogP contribution in [0.5, 0.6) is 0 Å². The highest BCUT2D eigenvalue weighted by Crippen LogP contribution is 2.16. The first kappa shape index (κ1) is 13.9. The predicted molar refractivity (Wildman–Crippen MR) is 65.5 cm³/mol. The lowest BCUT2D eigenvalue weighted by Gasteiger charge is -2.34. The summed E-state index contributed by atoms with van der Waals surface area (Å²) in [6.07, 6.45) is 1.80. The van der Waals surface area contributed by atoms with Crippen LogP contribution in [0.25, 0.3) is 0 Å². The zero-order valence-corrected chi connectivity index (χ0v) is 11.3. The molecular weight excluding hydrogens is 226 g/mol. The lowest BCUT2D eigenvalue weighted by molar-refractivity contribution is 0.274. The summed E-state index contributed by atoms with van der Waals surface area (Å²) in [5, 5.41) is 3.24. The average Bonchev–Trinajstić information content (AvgIpc) is 2.30. The Labute approximate surface area is 99.0 Å². The number of hydrogen-bond donors (Lipinski definition) is 1. The topological polar surface area (TPSA) is 52.7 Å². The molecule has 1 heterocycles. The van der Waals surface area contributed by atoms with Gasteiger partial charge in [0.2, 0.25) is 0 Å². The normalized spacial score (nSPS) is 19.6. The summed E-state index contributed by atoms with van der Waals surface area (Å²) in [5.74, 6) is 0. The van der Waals surface area contributed by atoms with Gasteiger partial charge in [-0.25, -0.2) is 0 Å². The van der Waals surface area contributed by atoms with Gasteiger partial charge in [-0.3, -0.25) is 0 Å². The number of nitrogens with zero attached hydrogens (tertiary/aromatic N) is 2. The van der Waals surface area contributed by atoms with Crippen molar-refractivity contribution in [3.8, 4) is 0 Å². The standard InChI is InChI=1S/C10H23N3O2S/c1-4-13(5-2)16(14,15)12(3)10-6-8-11-9-7-10/h10-11H,4-9H2,1-3H3. The Morgan fingerprint density at radius 2 is 1.69 bits per heavy atom. The number of hydrogen-bond acceptors (Lipinski definition) is 3. The van der Waals surface area contributed by atoms with Crippen LogP contribution < -0.4 is 5.32 Å². The highest BCUT2D eigenvalue weighted by molar-refractivity contribution is 7.86. The maximum absolute atomic E-state index is 12.2. The molecule has 1 N–H and O–H groups in total. The van der Waals surface area contributed by atoms with Gasteiger partial charge < -0.3 is 5.32 Å². The fraction of sp³-hybridized carbons (Fsp3) is 1.00. The highest BCUT2D eigenvalue weighted by atomic mass is 32.2. The number of nitrogens with one attached hydrogen (secondary N) is 1. The fourth-order valence-electron chi connectivity index (χ4n) is 2.09. The van der Waals surface area contributed by atoms with E-state index in [1.54, 1.807) is 11.4 Å². The molecule has 5 nitrogen and oxygen atoms in total. The van der Waals surface area contributed by atoms with Gasteiger partial charge in [0.15, 0.2) is 0 Å². The van der Waals surface area contributed by atoms with Crippen LogP contribution in [0.15, 0.2) is 0 Å². The van der Waals surface area contributed by atoms with E-state index in [0.29, 0.717) is 13.1 Å². The predicted octanol–water partition coefficient (Wildman–Crippen LogP) is 0.257. The van der Waals surface area contributed by atoms with Crippen molar-refractivity contribution in [2.24, 2.45) is 0 Å². The van der Waals surface area contributed by atoms with Gasteiger partial charge in [0.05, 0.1) is 0 Å². The van der Waals surface area contributed by atoms with Gasteiger partial charge in [-0.15, -0.1) is 0 Å². The van der Waals surface area contributed by atoms with E-state index in [9.17, 15) is 8.42 Å². The molecule has 0 amide bonds. The van der Waals surface area contributed by atoms with E-state index in [-0.39, 0.29) is 6.04 Å². The number of piperidine rings is 1. The summed E-state index contributed by atoms with van der Waals surface area (Å²) < 4.78 is 27.5. The van der Waals surface area contributed by atoms with Gasteiger partial charge in [0.1, 0.15) is 0 Å². The summed E-state index contributed by atoms with van der Waals surface area (Å²) in [6, 6.07) is 0.145. The van der Waals surface area contributed by atoms with E-state index in [4.69, 9.17) is 0 Å². The summed E-state index contributed by atoms with van der Waals surface area (Å²) >= 11 is 0. The molecule has 6 heteroatoms. The van der Waals surface area contributed by atoms with E-state index >= 15 is 0 Å². The maximum Gasteiger partial charge on any atom is 0.281 e. The monoisotopic (exact) mass is 249 g/mol. The van der Waals surface area contributed by atoms with E-state index < -0.39 is 10.2 Å². The molecule has 1 aliphatic rings. The maximum atomic E-state index is 12.2. The van der Waals surface area contributed by atoms with Crippen molar-refractivity contribution in [3.63, 3.8) is 0 Å². The first-order chi connectivity index (χ1) is 7.54. The van der Waals surface area contributed by atoms with Crippen LogP contribution in [-0.4, -0.2) is 56.3 Å².